The minimum atomic E-state index is -4.50. The quantitative estimate of drug-likeness (QED) is 0.107. The number of nitrogens with zero attached hydrogens (tertiary/aromatic N) is 2. The average molecular weight is 631 g/mol. The minimum absolute atomic E-state index is 0.0151. The number of amides is 1. The third-order valence-corrected chi connectivity index (χ3v) is 8.97. The maximum Gasteiger partial charge on any atom is 0.295 e. The van der Waals surface area contributed by atoms with Crippen LogP contribution in [0.5, 0.6) is 11.5 Å². The van der Waals surface area contributed by atoms with Crippen molar-refractivity contribution in [2.75, 3.05) is 12.4 Å². The first-order chi connectivity index (χ1) is 22.1. The summed E-state index contributed by atoms with van der Waals surface area (Å²) in [5.74, 6) is -0.292. The second-order valence-electron chi connectivity index (χ2n) is 10.8. The first-order valence-electron chi connectivity index (χ1n) is 14.2. The van der Waals surface area contributed by atoms with E-state index < -0.39 is 16.0 Å². The third-order valence-electron chi connectivity index (χ3n) is 8.05. The Balaban J connectivity index is 1.44. The number of nitrogens with one attached hydrogen (secondary N) is 2. The summed E-state index contributed by atoms with van der Waals surface area (Å²) in [4.78, 5) is 16.8. The Morgan fingerprint density at radius 1 is 0.848 bits per heavy atom. The van der Waals surface area contributed by atoms with Gasteiger partial charge in [0.1, 0.15) is 16.3 Å². The van der Waals surface area contributed by atoms with E-state index in [0.717, 1.165) is 21.9 Å². The number of hydrogen-bond donors (Lipinski definition) is 4. The van der Waals surface area contributed by atoms with Gasteiger partial charge in [0.2, 0.25) is 0 Å². The molecule has 1 heterocycles. The number of phenolic OH excluding ortho intramolecular Hbond substituents is 1. The van der Waals surface area contributed by atoms with E-state index in [2.05, 4.69) is 20.5 Å². The number of hydrogen-bond acceptors (Lipinski definition) is 7. The fourth-order valence-corrected chi connectivity index (χ4v) is 6.51. The molecule has 4 N–H and O–H groups in total. The molecule has 0 saturated carbocycles. The maximum atomic E-state index is 13.7. The average Bonchev–Trinajstić information content (AvgIpc) is 3.43. The summed E-state index contributed by atoms with van der Waals surface area (Å²) in [6, 6.07) is 27.7. The molecule has 0 atom stereocenters. The van der Waals surface area contributed by atoms with Crippen LogP contribution in [0.25, 0.3) is 43.4 Å². The molecule has 0 aliphatic carbocycles. The van der Waals surface area contributed by atoms with E-state index >= 15 is 0 Å². The van der Waals surface area contributed by atoms with Crippen LogP contribution >= 0.6 is 0 Å². The molecule has 0 saturated heterocycles. The molecule has 1 aromatic heterocycles. The summed E-state index contributed by atoms with van der Waals surface area (Å²) in [5, 5.41) is 27.3. The van der Waals surface area contributed by atoms with Gasteiger partial charge in [0, 0.05) is 38.1 Å². The number of para-hydroxylation sites is 1. The number of carbonyl (C=O) groups is 1. The zero-order valence-electron chi connectivity index (χ0n) is 24.6. The number of H-pyrrole nitrogens is 1. The number of rotatable bonds is 6. The molecule has 0 fully saturated rings. The summed E-state index contributed by atoms with van der Waals surface area (Å²) < 4.78 is 39.1. The number of anilines is 1. The third kappa shape index (κ3) is 4.87. The zero-order valence-corrected chi connectivity index (χ0v) is 25.4. The number of aromatic nitrogens is 1. The number of methoxy groups -OCH3 is 1. The van der Waals surface area contributed by atoms with Crippen molar-refractivity contribution in [3.63, 3.8) is 0 Å². The monoisotopic (exact) mass is 630 g/mol. The molecule has 0 spiro atoms. The predicted molar refractivity (Wildman–Crippen MR) is 179 cm³/mol. The number of benzene rings is 6. The van der Waals surface area contributed by atoms with E-state index in [1.807, 2.05) is 43.3 Å². The molecule has 6 aromatic carbocycles. The van der Waals surface area contributed by atoms with Crippen LogP contribution in [0.2, 0.25) is 0 Å². The largest absolute Gasteiger partial charge is 0.505 e. The van der Waals surface area contributed by atoms with Crippen LogP contribution in [-0.4, -0.2) is 36.1 Å². The van der Waals surface area contributed by atoms with Gasteiger partial charge in [-0.25, -0.2) is 0 Å². The number of phenols is 1. The molecule has 0 aliphatic rings. The van der Waals surface area contributed by atoms with Crippen molar-refractivity contribution in [2.24, 2.45) is 10.2 Å². The number of ether oxygens (including phenoxy) is 1. The molecule has 228 valence electrons. The Kier molecular flexibility index (Phi) is 6.92. The molecule has 0 unspecified atom stereocenters. The Hall–Kier alpha value is -5.78. The molecule has 7 aromatic rings. The highest BCUT2D eigenvalue weighted by Gasteiger charge is 2.22. The van der Waals surface area contributed by atoms with Crippen molar-refractivity contribution in [2.45, 2.75) is 11.8 Å². The molecule has 46 heavy (non-hydrogen) atoms. The van der Waals surface area contributed by atoms with Crippen LogP contribution < -0.4 is 10.1 Å². The van der Waals surface area contributed by atoms with Gasteiger partial charge in [-0.15, -0.1) is 10.2 Å². The van der Waals surface area contributed by atoms with Gasteiger partial charge in [0.15, 0.2) is 5.75 Å². The molecule has 11 heteroatoms. The Morgan fingerprint density at radius 3 is 2.33 bits per heavy atom. The van der Waals surface area contributed by atoms with Crippen LogP contribution in [0.4, 0.5) is 17.1 Å². The van der Waals surface area contributed by atoms with Gasteiger partial charge in [-0.1, -0.05) is 54.6 Å². The van der Waals surface area contributed by atoms with Crippen molar-refractivity contribution < 1.29 is 27.6 Å². The molecule has 0 bridgehead atoms. The lowest BCUT2D eigenvalue weighted by atomic mass is 10.00. The topological polar surface area (TPSA) is 153 Å². The standard InChI is InChI=1S/C35H26N4O6S/c1-19-17-21(45-2)12-14-27(19)37-35(41)26-18-20-11-13-25-23-8-5-6-10-28(23)36-32(25)31(20)33(34(26)40)39-38-29-15-16-30(46(42,43)44)24-9-4-3-7-22(24)29/h3-18,36,40H,1-2H3,(H,37,41)(H,42,43,44). The lowest BCUT2D eigenvalue weighted by molar-refractivity contribution is 0.102. The van der Waals surface area contributed by atoms with Crippen molar-refractivity contribution >= 4 is 76.4 Å². The second-order valence-corrected chi connectivity index (χ2v) is 12.2. The highest BCUT2D eigenvalue weighted by Crippen LogP contribution is 2.44. The number of aryl methyl sites for hydroxylation is 1. The summed E-state index contributed by atoms with van der Waals surface area (Å²) in [5.41, 5.74) is 3.23. The van der Waals surface area contributed by atoms with Gasteiger partial charge in [-0.2, -0.15) is 8.42 Å². The van der Waals surface area contributed by atoms with E-state index in [4.69, 9.17) is 4.74 Å². The van der Waals surface area contributed by atoms with Crippen LogP contribution in [-0.2, 0) is 10.1 Å². The van der Waals surface area contributed by atoms with Gasteiger partial charge in [-0.05, 0) is 60.3 Å². The van der Waals surface area contributed by atoms with E-state index in [0.29, 0.717) is 38.8 Å². The Morgan fingerprint density at radius 2 is 1.59 bits per heavy atom. The van der Waals surface area contributed by atoms with Gasteiger partial charge >= 0.3 is 0 Å². The lowest BCUT2D eigenvalue weighted by Gasteiger charge is -2.14. The van der Waals surface area contributed by atoms with E-state index in [9.17, 15) is 22.9 Å². The van der Waals surface area contributed by atoms with Crippen molar-refractivity contribution in [3.8, 4) is 11.5 Å². The Labute approximate surface area is 262 Å². The number of carbonyl (C=O) groups excluding carboxylic acids is 1. The zero-order chi connectivity index (χ0) is 32.2. The number of azo groups is 1. The second kappa shape index (κ2) is 11.0. The molecule has 0 aliphatic heterocycles. The molecule has 10 nitrogen and oxygen atoms in total. The minimum Gasteiger partial charge on any atom is -0.505 e. The molecule has 7 rings (SSSR count). The molecule has 1 amide bonds. The van der Waals surface area contributed by atoms with Gasteiger partial charge in [-0.3, -0.25) is 9.35 Å². The number of fused-ring (bicyclic) bond motifs is 6. The van der Waals surface area contributed by atoms with Crippen LogP contribution in [0, 0.1) is 6.92 Å². The van der Waals surface area contributed by atoms with Crippen LogP contribution in [0.1, 0.15) is 15.9 Å². The Bertz CT molecular complexity index is 2520. The number of aromatic amines is 1. The van der Waals surface area contributed by atoms with Gasteiger partial charge in [0.05, 0.1) is 23.9 Å². The van der Waals surface area contributed by atoms with E-state index in [1.165, 1.54) is 12.1 Å². The fraction of sp³-hybridized carbons (Fsp3) is 0.0571. The molecule has 0 radical (unpaired) electrons. The molecular weight excluding hydrogens is 604 g/mol. The van der Waals surface area contributed by atoms with Gasteiger partial charge in [0.25, 0.3) is 16.0 Å². The predicted octanol–water partition coefficient (Wildman–Crippen LogP) is 8.56. The summed E-state index contributed by atoms with van der Waals surface area (Å²) in [6.07, 6.45) is 0. The summed E-state index contributed by atoms with van der Waals surface area (Å²) in [7, 11) is -2.94. The van der Waals surface area contributed by atoms with Crippen molar-refractivity contribution in [1.82, 2.24) is 4.98 Å². The fourth-order valence-electron chi connectivity index (χ4n) is 5.81. The normalized spacial score (nSPS) is 12.1. The van der Waals surface area contributed by atoms with Crippen molar-refractivity contribution in [1.29, 1.82) is 0 Å². The summed E-state index contributed by atoms with van der Waals surface area (Å²) >= 11 is 0. The molecular formula is C35H26N4O6S. The smallest absolute Gasteiger partial charge is 0.295 e. The van der Waals surface area contributed by atoms with Gasteiger partial charge < -0.3 is 20.1 Å². The lowest BCUT2D eigenvalue weighted by Crippen LogP contribution is -2.13. The van der Waals surface area contributed by atoms with Crippen LogP contribution in [0.3, 0.4) is 0 Å². The highest BCUT2D eigenvalue weighted by molar-refractivity contribution is 7.86. The highest BCUT2D eigenvalue weighted by atomic mass is 32.2. The van der Waals surface area contributed by atoms with Crippen LogP contribution in [0.15, 0.2) is 112 Å². The van der Waals surface area contributed by atoms with E-state index in [1.54, 1.807) is 55.6 Å². The first kappa shape index (κ1) is 29.0. The summed E-state index contributed by atoms with van der Waals surface area (Å²) in [6.45, 7) is 1.84. The van der Waals surface area contributed by atoms with E-state index in [-0.39, 0.29) is 27.3 Å². The number of aromatic hydroxyl groups is 1. The van der Waals surface area contributed by atoms with Crippen molar-refractivity contribution in [3.05, 3.63) is 108 Å². The maximum absolute atomic E-state index is 13.7. The first-order valence-corrected chi connectivity index (χ1v) is 15.6. The SMILES string of the molecule is COc1ccc(NC(=O)c2cc3ccc4c5ccccc5[nH]c4c3c(N=Nc3ccc(S(=O)(=O)O)c4ccccc34)c2O)c(C)c1.